The van der Waals surface area contributed by atoms with Gasteiger partial charge < -0.3 is 33.3 Å². The quantitative estimate of drug-likeness (QED) is 0.0195. The van der Waals surface area contributed by atoms with Crippen molar-refractivity contribution in [3.05, 3.63) is 60.8 Å². The molecule has 0 saturated carbocycles. The molecular weight excluding hydrogens is 971 g/mol. The summed E-state index contributed by atoms with van der Waals surface area (Å²) in [6.45, 7) is 4.65. The van der Waals surface area contributed by atoms with E-state index in [9.17, 15) is 19.5 Å². The number of aliphatic carboxylic acids is 1. The fourth-order valence-electron chi connectivity index (χ4n) is 9.47. The fraction of sp³-hybridized carbons (Fsp3) is 0.812. The van der Waals surface area contributed by atoms with Crippen molar-refractivity contribution < 1.29 is 42.9 Å². The first-order valence-electron chi connectivity index (χ1n) is 32.9. The zero-order valence-corrected chi connectivity index (χ0v) is 51.8. The van der Waals surface area contributed by atoms with Gasteiger partial charge in [0.1, 0.15) is 13.2 Å². The molecule has 0 amide bonds. The summed E-state index contributed by atoms with van der Waals surface area (Å²) in [5.74, 6) is -2.28. The number of rotatable bonds is 61. The molecule has 454 valence electrons. The normalized spacial score (nSPS) is 13.1. The molecule has 0 rings (SSSR count). The van der Waals surface area contributed by atoms with Crippen LogP contribution in [-0.2, 0) is 33.3 Å². The highest BCUT2D eigenvalue weighted by Crippen LogP contribution is 2.18. The second kappa shape index (κ2) is 60.1. The molecule has 0 aromatic rings. The van der Waals surface area contributed by atoms with Crippen LogP contribution in [0.1, 0.15) is 303 Å². The van der Waals surface area contributed by atoms with Gasteiger partial charge in [-0.15, -0.1) is 0 Å². The lowest BCUT2D eigenvalue weighted by molar-refractivity contribution is -0.870. The Morgan fingerprint density at radius 3 is 1.10 bits per heavy atom. The highest BCUT2D eigenvalue weighted by molar-refractivity contribution is 5.70. The van der Waals surface area contributed by atoms with Crippen molar-refractivity contribution in [3.8, 4) is 0 Å². The largest absolute Gasteiger partial charge is 0.545 e. The number of carboxylic acid groups (broad SMARTS) is 1. The Morgan fingerprint density at radius 2 is 0.731 bits per heavy atom. The van der Waals surface area contributed by atoms with Gasteiger partial charge in [0.25, 0.3) is 0 Å². The Balaban J connectivity index is 3.94. The van der Waals surface area contributed by atoms with E-state index in [4.69, 9.17) is 18.9 Å². The van der Waals surface area contributed by atoms with Gasteiger partial charge in [0.2, 0.25) is 0 Å². The van der Waals surface area contributed by atoms with Crippen LogP contribution in [-0.4, -0.2) is 82.3 Å². The lowest BCUT2D eigenvalue weighted by atomic mass is 10.0. The van der Waals surface area contributed by atoms with E-state index in [2.05, 4.69) is 74.6 Å². The third-order valence-corrected chi connectivity index (χ3v) is 14.5. The molecule has 0 aromatic carbocycles. The molecule has 9 nitrogen and oxygen atoms in total. The van der Waals surface area contributed by atoms with Gasteiger partial charge in [-0.05, 0) is 77.0 Å². The second-order valence-electron chi connectivity index (χ2n) is 23.4. The number of unbranched alkanes of at least 4 members (excludes halogenated alkanes) is 36. The maximum absolute atomic E-state index is 12.9. The number of quaternary nitrogens is 1. The van der Waals surface area contributed by atoms with E-state index < -0.39 is 24.3 Å². The topological polar surface area (TPSA) is 111 Å². The van der Waals surface area contributed by atoms with Crippen LogP contribution in [0, 0.1) is 0 Å². The molecule has 78 heavy (non-hydrogen) atoms. The van der Waals surface area contributed by atoms with Crippen LogP contribution < -0.4 is 5.11 Å². The molecule has 0 aliphatic rings. The van der Waals surface area contributed by atoms with Crippen LogP contribution in [0.5, 0.6) is 0 Å². The van der Waals surface area contributed by atoms with Crippen LogP contribution in [0.3, 0.4) is 0 Å². The summed E-state index contributed by atoms with van der Waals surface area (Å²) in [4.78, 5) is 37.3. The molecule has 9 heteroatoms. The van der Waals surface area contributed by atoms with E-state index in [-0.39, 0.29) is 38.6 Å². The first-order chi connectivity index (χ1) is 38.1. The van der Waals surface area contributed by atoms with Crippen LogP contribution in [0.15, 0.2) is 60.8 Å². The number of likely N-dealkylation sites (N-methyl/N-ethyl adjacent to an activating group) is 1. The average Bonchev–Trinajstić information content (AvgIpc) is 3.41. The summed E-state index contributed by atoms with van der Waals surface area (Å²) >= 11 is 0. The number of carbonyl (C=O) groups excluding carboxylic acids is 3. The summed E-state index contributed by atoms with van der Waals surface area (Å²) in [5.41, 5.74) is 0. The Bertz CT molecular complexity index is 1460. The van der Waals surface area contributed by atoms with Gasteiger partial charge in [-0.3, -0.25) is 9.59 Å². The molecular formula is C69H125NO8. The number of nitrogens with zero attached hydrogens (tertiary/aromatic N) is 1. The SMILES string of the molecule is CC/C=C\C/C=C\C/C=C\C/C=C\CCCCCCCCCCCCCCCCCCCCCCCCCCCCC(=O)OC(COC(=O)CCCCCCC/C=C\CCCCCCC)COC(OCC[N+](C)(C)C)C(=O)[O-]. The molecule has 0 radical (unpaired) electrons. The lowest BCUT2D eigenvalue weighted by Gasteiger charge is -2.26. The minimum Gasteiger partial charge on any atom is -0.545 e. The molecule has 0 heterocycles. The number of esters is 2. The molecule has 0 aliphatic carbocycles. The summed E-state index contributed by atoms with van der Waals surface area (Å²) in [6, 6.07) is 0. The minimum absolute atomic E-state index is 0.148. The van der Waals surface area contributed by atoms with Gasteiger partial charge in [0, 0.05) is 12.8 Å². The molecule has 0 fully saturated rings. The number of hydrogen-bond donors (Lipinski definition) is 0. The molecule has 2 atom stereocenters. The number of carboxylic acids is 1. The van der Waals surface area contributed by atoms with Gasteiger partial charge >= 0.3 is 11.9 Å². The molecule has 0 aromatic heterocycles. The van der Waals surface area contributed by atoms with E-state index >= 15 is 0 Å². The van der Waals surface area contributed by atoms with Crippen molar-refractivity contribution in [2.45, 2.75) is 315 Å². The van der Waals surface area contributed by atoms with Crippen molar-refractivity contribution in [1.82, 2.24) is 0 Å². The van der Waals surface area contributed by atoms with E-state index in [1.54, 1.807) is 0 Å². The molecule has 0 N–H and O–H groups in total. The average molecular weight is 1100 g/mol. The number of ether oxygens (including phenoxy) is 4. The van der Waals surface area contributed by atoms with E-state index in [1.807, 2.05) is 21.1 Å². The van der Waals surface area contributed by atoms with Crippen LogP contribution in [0.2, 0.25) is 0 Å². The Morgan fingerprint density at radius 1 is 0.397 bits per heavy atom. The van der Waals surface area contributed by atoms with Crippen molar-refractivity contribution >= 4 is 17.9 Å². The van der Waals surface area contributed by atoms with E-state index in [0.29, 0.717) is 17.4 Å². The standard InChI is InChI=1S/C69H125NO8/c1-6-8-10-12-14-16-18-20-22-23-24-25-26-27-28-29-30-31-32-33-34-35-36-37-38-39-40-41-42-43-44-45-46-48-50-52-54-56-58-60-67(72)78-65(64-77-69(68(73)74)75-62-61-70(3,4)5)63-76-66(71)59-57-55-53-51-49-47-21-19-17-15-13-11-9-7-2/h8,10,14,16,19-22,24-25,65,69H,6-7,9,11-13,15,17-18,23,26-64H2,1-5H3/b10-8-,16-14-,21-19-,22-20-,25-24-. The lowest BCUT2D eigenvalue weighted by Crippen LogP contribution is -2.44. The third-order valence-electron chi connectivity index (χ3n) is 14.5. The van der Waals surface area contributed by atoms with E-state index in [1.165, 1.54) is 193 Å². The minimum atomic E-state index is -1.62. The predicted molar refractivity (Wildman–Crippen MR) is 329 cm³/mol. The number of carbonyl (C=O) groups is 3. The molecule has 0 saturated heterocycles. The molecule has 0 bridgehead atoms. The van der Waals surface area contributed by atoms with Crippen LogP contribution in [0.25, 0.3) is 0 Å². The van der Waals surface area contributed by atoms with Crippen LogP contribution in [0.4, 0.5) is 0 Å². The molecule has 0 spiro atoms. The van der Waals surface area contributed by atoms with Gasteiger partial charge in [-0.1, -0.05) is 274 Å². The summed E-state index contributed by atoms with van der Waals surface area (Å²) < 4.78 is 22.7. The van der Waals surface area contributed by atoms with Crippen LogP contribution >= 0.6 is 0 Å². The second-order valence-corrected chi connectivity index (χ2v) is 23.4. The van der Waals surface area contributed by atoms with Crippen molar-refractivity contribution in [1.29, 1.82) is 0 Å². The van der Waals surface area contributed by atoms with Crippen molar-refractivity contribution in [3.63, 3.8) is 0 Å². The predicted octanol–water partition coefficient (Wildman–Crippen LogP) is 18.6. The van der Waals surface area contributed by atoms with Gasteiger partial charge in [0.05, 0.1) is 40.3 Å². The maximum Gasteiger partial charge on any atom is 0.306 e. The highest BCUT2D eigenvalue weighted by Gasteiger charge is 2.22. The smallest absolute Gasteiger partial charge is 0.306 e. The Hall–Kier alpha value is -3.01. The Labute approximate surface area is 482 Å². The number of allylic oxidation sites excluding steroid dienone is 10. The van der Waals surface area contributed by atoms with Crippen molar-refractivity contribution in [2.24, 2.45) is 0 Å². The summed E-state index contributed by atoms with van der Waals surface area (Å²) in [6.07, 6.45) is 74.6. The first-order valence-corrected chi connectivity index (χ1v) is 32.9. The zero-order chi connectivity index (χ0) is 56.9. The van der Waals surface area contributed by atoms with E-state index in [0.717, 1.165) is 77.0 Å². The monoisotopic (exact) mass is 1100 g/mol. The summed E-state index contributed by atoms with van der Waals surface area (Å²) in [7, 11) is 5.93. The fourth-order valence-corrected chi connectivity index (χ4v) is 9.47. The number of hydrogen-bond acceptors (Lipinski definition) is 8. The van der Waals surface area contributed by atoms with Gasteiger partial charge in [-0.25, -0.2) is 0 Å². The highest BCUT2D eigenvalue weighted by atomic mass is 16.7. The Kier molecular flexibility index (Phi) is 57.8. The van der Waals surface area contributed by atoms with Gasteiger partial charge in [0.15, 0.2) is 12.4 Å². The third kappa shape index (κ3) is 60.6. The molecule has 0 aliphatic heterocycles. The summed E-state index contributed by atoms with van der Waals surface area (Å²) in [5, 5.41) is 11.8. The molecule has 2 unspecified atom stereocenters. The first kappa shape index (κ1) is 75.0. The maximum atomic E-state index is 12.9. The zero-order valence-electron chi connectivity index (χ0n) is 51.8. The van der Waals surface area contributed by atoms with Crippen molar-refractivity contribution in [2.75, 3.05) is 47.5 Å². The van der Waals surface area contributed by atoms with Gasteiger partial charge in [-0.2, -0.15) is 0 Å².